The maximum absolute atomic E-state index is 4.50. The van der Waals surface area contributed by atoms with E-state index in [0.29, 0.717) is 0 Å². The Kier molecular flexibility index (Phi) is 5.06. The lowest BCUT2D eigenvalue weighted by atomic mass is 10.0. The van der Waals surface area contributed by atoms with Crippen molar-refractivity contribution in [2.75, 3.05) is 45.8 Å². The molecule has 122 valence electrons. The van der Waals surface area contributed by atoms with Gasteiger partial charge >= 0.3 is 0 Å². The summed E-state index contributed by atoms with van der Waals surface area (Å²) in [6.07, 6.45) is 6.21. The zero-order valence-electron chi connectivity index (χ0n) is 14.0. The van der Waals surface area contributed by atoms with Crippen molar-refractivity contribution < 1.29 is 0 Å². The highest BCUT2D eigenvalue weighted by Gasteiger charge is 2.52. The molecule has 22 heavy (non-hydrogen) atoms. The summed E-state index contributed by atoms with van der Waals surface area (Å²) in [5, 5.41) is 3.36. The van der Waals surface area contributed by atoms with Gasteiger partial charge in [-0.15, -0.1) is 0 Å². The summed E-state index contributed by atoms with van der Waals surface area (Å²) in [5.74, 6) is 1.92. The predicted molar refractivity (Wildman–Crippen MR) is 88.7 cm³/mol. The van der Waals surface area contributed by atoms with E-state index in [0.717, 1.165) is 11.7 Å². The lowest BCUT2D eigenvalue weighted by Crippen LogP contribution is -2.55. The normalized spacial score (nSPS) is 25.0. The maximum Gasteiger partial charge on any atom is 0.148 e. The summed E-state index contributed by atoms with van der Waals surface area (Å²) < 4.78 is 0. The summed E-state index contributed by atoms with van der Waals surface area (Å²) in [5.41, 5.74) is 0.172. The van der Waals surface area contributed by atoms with Crippen LogP contribution in [-0.2, 0) is 5.54 Å². The monoisotopic (exact) mass is 303 g/mol. The Bertz CT molecular complexity index is 447. The van der Waals surface area contributed by atoms with E-state index in [2.05, 4.69) is 25.1 Å². The summed E-state index contributed by atoms with van der Waals surface area (Å²) in [6, 6.07) is 1.91. The Morgan fingerprint density at radius 2 is 1.73 bits per heavy atom. The first-order valence-electron chi connectivity index (χ1n) is 8.82. The number of nitrogens with one attached hydrogen (secondary N) is 1. The lowest BCUT2D eigenvalue weighted by molar-refractivity contribution is 0.0653. The zero-order chi connectivity index (χ0) is 15.4. The van der Waals surface area contributed by atoms with Gasteiger partial charge in [0, 0.05) is 58.2 Å². The molecule has 2 aliphatic heterocycles. The van der Waals surface area contributed by atoms with Crippen molar-refractivity contribution in [3.63, 3.8) is 0 Å². The molecule has 1 aromatic rings. The molecule has 4 rings (SSSR count). The van der Waals surface area contributed by atoms with Crippen LogP contribution in [0.5, 0.6) is 0 Å². The molecule has 3 aliphatic rings. The summed E-state index contributed by atoms with van der Waals surface area (Å²) >= 11 is 0. The van der Waals surface area contributed by atoms with Crippen LogP contribution < -0.4 is 5.32 Å². The number of hydrogen-bond acceptors (Lipinski definition) is 5. The van der Waals surface area contributed by atoms with Gasteiger partial charge in [0.05, 0.1) is 5.54 Å². The highest BCUT2D eigenvalue weighted by molar-refractivity contribution is 5.17. The molecule has 0 bridgehead atoms. The molecule has 3 fully saturated rings. The molecule has 0 atom stereocenters. The number of piperazine rings is 1. The van der Waals surface area contributed by atoms with Crippen molar-refractivity contribution in [2.45, 2.75) is 32.2 Å². The highest BCUT2D eigenvalue weighted by Crippen LogP contribution is 2.49. The van der Waals surface area contributed by atoms with Crippen LogP contribution in [0.1, 0.15) is 32.5 Å². The minimum Gasteiger partial charge on any atom is -0.316 e. The fraction of sp³-hybridized carbons (Fsp3) is 0.765. The molecular formula is C17H29N5. The quantitative estimate of drug-likeness (QED) is 0.909. The zero-order valence-corrected chi connectivity index (χ0v) is 14.0. The van der Waals surface area contributed by atoms with Crippen molar-refractivity contribution in [1.29, 1.82) is 0 Å². The highest BCUT2D eigenvalue weighted by atomic mass is 15.3. The Hall–Kier alpha value is -1.04. The van der Waals surface area contributed by atoms with E-state index < -0.39 is 0 Å². The second-order valence-corrected chi connectivity index (χ2v) is 6.42. The molecule has 1 aromatic heterocycles. The Morgan fingerprint density at radius 1 is 1.09 bits per heavy atom. The van der Waals surface area contributed by atoms with Gasteiger partial charge in [-0.25, -0.2) is 9.97 Å². The van der Waals surface area contributed by atoms with E-state index in [1.807, 2.05) is 32.3 Å². The minimum absolute atomic E-state index is 0.172. The van der Waals surface area contributed by atoms with Gasteiger partial charge in [-0.1, -0.05) is 13.8 Å². The smallest absolute Gasteiger partial charge is 0.148 e. The molecule has 5 heteroatoms. The number of nitrogens with zero attached hydrogens (tertiary/aromatic N) is 4. The van der Waals surface area contributed by atoms with E-state index in [-0.39, 0.29) is 5.54 Å². The predicted octanol–water partition coefficient (Wildman–Crippen LogP) is 1.33. The molecule has 1 N–H and O–H groups in total. The molecule has 0 spiro atoms. The second kappa shape index (κ2) is 7.02. The van der Waals surface area contributed by atoms with Crippen LogP contribution in [0.2, 0.25) is 0 Å². The third-order valence-electron chi connectivity index (χ3n) is 5.07. The van der Waals surface area contributed by atoms with Gasteiger partial charge in [-0.3, -0.25) is 4.90 Å². The van der Waals surface area contributed by atoms with Crippen molar-refractivity contribution in [2.24, 2.45) is 5.92 Å². The molecular weight excluding hydrogens is 274 g/mol. The van der Waals surface area contributed by atoms with E-state index >= 15 is 0 Å². The van der Waals surface area contributed by atoms with Gasteiger partial charge in [0.25, 0.3) is 0 Å². The number of hydrogen-bond donors (Lipinski definition) is 1. The van der Waals surface area contributed by atoms with Gasteiger partial charge in [0.1, 0.15) is 5.82 Å². The summed E-state index contributed by atoms with van der Waals surface area (Å²) in [7, 11) is 0. The molecule has 0 amide bonds. The third-order valence-corrected chi connectivity index (χ3v) is 5.07. The van der Waals surface area contributed by atoms with E-state index in [9.17, 15) is 0 Å². The Labute approximate surface area is 134 Å². The van der Waals surface area contributed by atoms with Crippen molar-refractivity contribution in [3.05, 3.63) is 24.3 Å². The van der Waals surface area contributed by atoms with Gasteiger partial charge in [-0.2, -0.15) is 0 Å². The van der Waals surface area contributed by atoms with E-state index in [1.165, 1.54) is 58.7 Å². The van der Waals surface area contributed by atoms with Crippen LogP contribution in [0, 0.1) is 5.92 Å². The first-order valence-corrected chi connectivity index (χ1v) is 8.82. The van der Waals surface area contributed by atoms with Crippen LogP contribution in [0.15, 0.2) is 18.5 Å². The average molecular weight is 303 g/mol. The van der Waals surface area contributed by atoms with Gasteiger partial charge < -0.3 is 10.2 Å². The molecule has 1 aliphatic carbocycles. The Morgan fingerprint density at radius 3 is 2.23 bits per heavy atom. The fourth-order valence-electron chi connectivity index (χ4n) is 3.54. The van der Waals surface area contributed by atoms with E-state index in [4.69, 9.17) is 0 Å². The number of aromatic nitrogens is 2. The average Bonchev–Trinajstić information content (AvgIpc) is 3.36. The minimum atomic E-state index is 0.172. The lowest BCUT2D eigenvalue weighted by Gasteiger charge is -2.41. The van der Waals surface area contributed by atoms with Crippen molar-refractivity contribution in [3.8, 4) is 0 Å². The molecule has 0 unspecified atom stereocenters. The summed E-state index contributed by atoms with van der Waals surface area (Å²) in [4.78, 5) is 14.3. The Balaban J connectivity index is 0.000000693. The van der Waals surface area contributed by atoms with Crippen LogP contribution in [-0.4, -0.2) is 65.6 Å². The SMILES string of the molecule is CC.c1cnc(C2(N3CCN(CC4CNC4)CC3)CC2)nc1. The third kappa shape index (κ3) is 3.16. The van der Waals surface area contributed by atoms with E-state index in [1.54, 1.807) is 0 Å². The standard InChI is InChI=1S/C15H23N5.C2H6/c1-4-17-14(18-5-1)15(2-3-15)20-8-6-19(7-9-20)12-13-10-16-11-13;1-2/h1,4-5,13,16H,2-3,6-12H2;1-2H3. The largest absolute Gasteiger partial charge is 0.316 e. The van der Waals surface area contributed by atoms with Crippen LogP contribution >= 0.6 is 0 Å². The second-order valence-electron chi connectivity index (χ2n) is 6.42. The van der Waals surface area contributed by atoms with Gasteiger partial charge in [0.15, 0.2) is 0 Å². The van der Waals surface area contributed by atoms with Gasteiger partial charge in [0.2, 0.25) is 0 Å². The molecule has 2 saturated heterocycles. The molecule has 5 nitrogen and oxygen atoms in total. The topological polar surface area (TPSA) is 44.3 Å². The van der Waals surface area contributed by atoms with Crippen LogP contribution in [0.4, 0.5) is 0 Å². The molecule has 3 heterocycles. The van der Waals surface area contributed by atoms with Crippen LogP contribution in [0.3, 0.4) is 0 Å². The first kappa shape index (κ1) is 15.8. The van der Waals surface area contributed by atoms with Crippen molar-refractivity contribution >= 4 is 0 Å². The maximum atomic E-state index is 4.50. The van der Waals surface area contributed by atoms with Gasteiger partial charge in [-0.05, 0) is 24.8 Å². The molecule has 0 radical (unpaired) electrons. The fourth-order valence-corrected chi connectivity index (χ4v) is 3.54. The number of rotatable bonds is 4. The first-order chi connectivity index (χ1) is 10.9. The molecule has 1 saturated carbocycles. The van der Waals surface area contributed by atoms with Crippen LogP contribution in [0.25, 0.3) is 0 Å². The molecule has 0 aromatic carbocycles. The van der Waals surface area contributed by atoms with Crippen molar-refractivity contribution in [1.82, 2.24) is 25.1 Å². The summed E-state index contributed by atoms with van der Waals surface area (Å²) in [6.45, 7) is 12.4.